The molecular weight excluding hydrogens is 134 g/mol. The van der Waals surface area contributed by atoms with Gasteiger partial charge in [-0.2, -0.15) is 0 Å². The van der Waals surface area contributed by atoms with Crippen LogP contribution in [0, 0.1) is 0 Å². The van der Waals surface area contributed by atoms with Gasteiger partial charge >= 0.3 is 0 Å². The summed E-state index contributed by atoms with van der Waals surface area (Å²) in [6.45, 7) is 0. The van der Waals surface area contributed by atoms with Crippen LogP contribution in [0.15, 0.2) is 47.9 Å². The number of fused-ring (bicyclic) bond motifs is 1. The summed E-state index contributed by atoms with van der Waals surface area (Å²) in [6, 6.07) is 0. The lowest BCUT2D eigenvalue weighted by atomic mass is 10.1. The molecule has 1 heterocycles. The lowest BCUT2D eigenvalue weighted by molar-refractivity contribution is -0.796. The average Bonchev–Trinajstić information content (AvgIpc) is 2.34. The molecule has 11 heavy (non-hydrogen) atoms. The summed E-state index contributed by atoms with van der Waals surface area (Å²) in [4.78, 5) is 0. The van der Waals surface area contributed by atoms with E-state index in [4.69, 9.17) is 0 Å². The van der Waals surface area contributed by atoms with E-state index in [1.165, 1.54) is 11.3 Å². The van der Waals surface area contributed by atoms with Crippen LogP contribution in [0.1, 0.15) is 0 Å². The maximum atomic E-state index is 2.18. The van der Waals surface area contributed by atoms with E-state index in [1.807, 2.05) is 0 Å². The van der Waals surface area contributed by atoms with Gasteiger partial charge in [0.25, 0.3) is 0 Å². The van der Waals surface area contributed by atoms with Crippen LogP contribution in [-0.4, -0.2) is 18.6 Å². The number of allylic oxidation sites excluding steroid dienone is 5. The van der Waals surface area contributed by atoms with E-state index in [0.29, 0.717) is 0 Å². The lowest BCUT2D eigenvalue weighted by Crippen LogP contribution is -2.33. The van der Waals surface area contributed by atoms with Gasteiger partial charge in [0.15, 0.2) is 0 Å². The van der Waals surface area contributed by atoms with Crippen LogP contribution < -0.4 is 0 Å². The third kappa shape index (κ3) is 0.889. The Hall–Kier alpha value is -1.08. The van der Waals surface area contributed by atoms with Gasteiger partial charge in [-0.15, -0.1) is 0 Å². The van der Waals surface area contributed by atoms with E-state index in [0.717, 1.165) is 4.48 Å². The molecule has 56 valence electrons. The van der Waals surface area contributed by atoms with Crippen molar-refractivity contribution in [2.45, 2.75) is 0 Å². The van der Waals surface area contributed by atoms with Crippen molar-refractivity contribution in [1.82, 2.24) is 0 Å². The summed E-state index contributed by atoms with van der Waals surface area (Å²) in [5, 5.41) is 0. The maximum Gasteiger partial charge on any atom is 0.144 e. The van der Waals surface area contributed by atoms with Crippen LogP contribution >= 0.6 is 0 Å². The number of quaternary nitrogens is 1. The summed E-state index contributed by atoms with van der Waals surface area (Å²) < 4.78 is 0.860. The van der Waals surface area contributed by atoms with Gasteiger partial charge in [0, 0.05) is 11.6 Å². The monoisotopic (exact) mass is 146 g/mol. The molecule has 1 nitrogen and oxygen atoms in total. The van der Waals surface area contributed by atoms with Crippen LogP contribution in [-0.2, 0) is 0 Å². The Morgan fingerprint density at radius 1 is 1.09 bits per heavy atom. The second-order valence-electron chi connectivity index (χ2n) is 3.41. The Kier molecular flexibility index (Phi) is 1.18. The van der Waals surface area contributed by atoms with E-state index >= 15 is 0 Å². The minimum Gasteiger partial charge on any atom is -0.269 e. The van der Waals surface area contributed by atoms with Gasteiger partial charge in [-0.25, -0.2) is 0 Å². The SMILES string of the molecule is C[N+]1(C)C=CC=C2C=CC=C21. The number of likely N-dealkylation sites (N-methyl/N-ethyl adjacent to an activating group) is 1. The number of nitrogens with zero attached hydrogens (tertiary/aromatic N) is 1. The predicted octanol–water partition coefficient (Wildman–Crippen LogP) is 1.97. The minimum atomic E-state index is 0.860. The molecule has 0 amide bonds. The molecule has 0 bridgehead atoms. The minimum absolute atomic E-state index is 0.860. The first kappa shape index (κ1) is 6.62. The largest absolute Gasteiger partial charge is 0.269 e. The summed E-state index contributed by atoms with van der Waals surface area (Å²) in [6.07, 6.45) is 12.9. The van der Waals surface area contributed by atoms with Gasteiger partial charge < -0.3 is 0 Å². The molecule has 0 radical (unpaired) electrons. The van der Waals surface area contributed by atoms with Crippen LogP contribution in [0.25, 0.3) is 0 Å². The Morgan fingerprint density at radius 3 is 2.64 bits per heavy atom. The van der Waals surface area contributed by atoms with Gasteiger partial charge in [-0.1, -0.05) is 6.08 Å². The Morgan fingerprint density at radius 2 is 1.91 bits per heavy atom. The van der Waals surface area contributed by atoms with Crippen molar-refractivity contribution in [2.24, 2.45) is 0 Å². The fraction of sp³-hybridized carbons (Fsp3) is 0.200. The van der Waals surface area contributed by atoms with Crippen molar-refractivity contribution < 1.29 is 4.48 Å². The molecule has 0 aromatic carbocycles. The number of hydrogen-bond acceptors (Lipinski definition) is 0. The molecule has 2 rings (SSSR count). The normalized spacial score (nSPS) is 24.5. The van der Waals surface area contributed by atoms with Crippen LogP contribution in [0.3, 0.4) is 0 Å². The highest BCUT2D eigenvalue weighted by Gasteiger charge is 2.25. The lowest BCUT2D eigenvalue weighted by Gasteiger charge is -2.28. The molecule has 1 aliphatic carbocycles. The van der Waals surface area contributed by atoms with Gasteiger partial charge in [0.2, 0.25) is 0 Å². The van der Waals surface area contributed by atoms with Crippen LogP contribution in [0.2, 0.25) is 0 Å². The topological polar surface area (TPSA) is 0 Å². The van der Waals surface area contributed by atoms with E-state index in [2.05, 4.69) is 50.7 Å². The van der Waals surface area contributed by atoms with Crippen molar-refractivity contribution in [2.75, 3.05) is 14.1 Å². The van der Waals surface area contributed by atoms with E-state index in [9.17, 15) is 0 Å². The zero-order chi connectivity index (χ0) is 7.90. The summed E-state index contributed by atoms with van der Waals surface area (Å²) in [5.74, 6) is 0. The zero-order valence-electron chi connectivity index (χ0n) is 6.91. The second kappa shape index (κ2) is 1.95. The molecule has 0 N–H and O–H groups in total. The van der Waals surface area contributed by atoms with Crippen molar-refractivity contribution in [1.29, 1.82) is 0 Å². The van der Waals surface area contributed by atoms with Gasteiger partial charge in [-0.3, -0.25) is 4.48 Å². The molecule has 0 fully saturated rings. The molecule has 0 unspecified atom stereocenters. The fourth-order valence-corrected chi connectivity index (χ4v) is 1.53. The molecule has 0 spiro atoms. The summed E-state index contributed by atoms with van der Waals surface area (Å²) >= 11 is 0. The molecule has 0 saturated carbocycles. The predicted molar refractivity (Wildman–Crippen MR) is 46.6 cm³/mol. The first-order chi connectivity index (χ1) is 5.20. The van der Waals surface area contributed by atoms with Crippen molar-refractivity contribution in [3.05, 3.63) is 47.9 Å². The second-order valence-corrected chi connectivity index (χ2v) is 3.41. The van der Waals surface area contributed by atoms with Crippen molar-refractivity contribution >= 4 is 0 Å². The molecule has 1 aliphatic heterocycles. The Labute approximate surface area is 67.2 Å². The maximum absolute atomic E-state index is 2.18. The molecule has 0 aromatic rings. The standard InChI is InChI=1S/C10H12N/c1-11(2)8-4-6-9-5-3-7-10(9)11/h3-8H,1-2H3/q+1. The van der Waals surface area contributed by atoms with Crippen LogP contribution in [0.5, 0.6) is 0 Å². The first-order valence-corrected chi connectivity index (χ1v) is 3.83. The van der Waals surface area contributed by atoms with Crippen molar-refractivity contribution in [3.8, 4) is 0 Å². The highest BCUT2D eigenvalue weighted by Crippen LogP contribution is 2.29. The zero-order valence-corrected chi connectivity index (χ0v) is 6.91. The Balaban J connectivity index is 2.51. The molecular formula is C10H12N+. The van der Waals surface area contributed by atoms with Gasteiger partial charge in [-0.05, 0) is 18.2 Å². The van der Waals surface area contributed by atoms with Gasteiger partial charge in [0.1, 0.15) is 11.9 Å². The highest BCUT2D eigenvalue weighted by atomic mass is 15.3. The third-order valence-electron chi connectivity index (χ3n) is 2.18. The van der Waals surface area contributed by atoms with E-state index in [1.54, 1.807) is 0 Å². The summed E-state index contributed by atoms with van der Waals surface area (Å²) in [7, 11) is 4.37. The quantitative estimate of drug-likeness (QED) is 0.458. The summed E-state index contributed by atoms with van der Waals surface area (Å²) in [5.41, 5.74) is 2.73. The fourth-order valence-electron chi connectivity index (χ4n) is 1.53. The third-order valence-corrected chi connectivity index (χ3v) is 2.18. The molecule has 0 atom stereocenters. The van der Waals surface area contributed by atoms with Gasteiger partial charge in [0.05, 0.1) is 14.1 Å². The smallest absolute Gasteiger partial charge is 0.144 e. The molecule has 2 aliphatic rings. The average molecular weight is 146 g/mol. The highest BCUT2D eigenvalue weighted by molar-refractivity contribution is 5.48. The first-order valence-electron chi connectivity index (χ1n) is 3.83. The number of rotatable bonds is 0. The van der Waals surface area contributed by atoms with Crippen LogP contribution in [0.4, 0.5) is 0 Å². The molecule has 1 heteroatoms. The Bertz CT molecular complexity index is 301. The number of hydrogen-bond donors (Lipinski definition) is 0. The molecule has 0 aromatic heterocycles. The van der Waals surface area contributed by atoms with E-state index < -0.39 is 0 Å². The van der Waals surface area contributed by atoms with Crippen molar-refractivity contribution in [3.63, 3.8) is 0 Å². The van der Waals surface area contributed by atoms with E-state index in [-0.39, 0.29) is 0 Å². The molecule has 0 saturated heterocycles.